The van der Waals surface area contributed by atoms with Gasteiger partial charge in [-0.2, -0.15) is 0 Å². The monoisotopic (exact) mass is 210 g/mol. The molecular weight excluding hydrogens is 200 g/mol. The van der Waals surface area contributed by atoms with Gasteiger partial charge < -0.3 is 9.77 Å². The molecule has 1 aromatic heterocycles. The number of aromatic nitrogens is 1. The average Bonchev–Trinajstić information content (AvgIpc) is 2.44. The van der Waals surface area contributed by atoms with Crippen LogP contribution in [0.25, 0.3) is 10.9 Å². The number of halogens is 1. The third kappa shape index (κ3) is 1.39. The summed E-state index contributed by atoms with van der Waals surface area (Å²) in [5.74, 6) is 0. The lowest BCUT2D eigenvalue weighted by Crippen LogP contribution is -2.06. The standard InChI is InChI=1S/C10H11ClN2O/c1-13-6-8(11)10-7(5-12-14)3-2-4-9(10)13/h2-4,6,12,14H,5H2,1H3. The lowest BCUT2D eigenvalue weighted by molar-refractivity contribution is 0.161. The lowest BCUT2D eigenvalue weighted by Gasteiger charge is -2.02. The fourth-order valence-electron chi connectivity index (χ4n) is 1.69. The summed E-state index contributed by atoms with van der Waals surface area (Å²) in [7, 11) is 1.95. The van der Waals surface area contributed by atoms with E-state index in [1.165, 1.54) is 0 Å². The van der Waals surface area contributed by atoms with Gasteiger partial charge in [0.2, 0.25) is 0 Å². The van der Waals surface area contributed by atoms with Crippen LogP contribution in [0.4, 0.5) is 0 Å². The minimum Gasteiger partial charge on any atom is -0.349 e. The Bertz CT molecular complexity index is 464. The molecule has 2 N–H and O–H groups in total. The van der Waals surface area contributed by atoms with E-state index in [0.717, 1.165) is 16.5 Å². The van der Waals surface area contributed by atoms with Crippen molar-refractivity contribution in [2.45, 2.75) is 6.54 Å². The Morgan fingerprint density at radius 1 is 1.50 bits per heavy atom. The molecule has 1 heterocycles. The smallest absolute Gasteiger partial charge is 0.0664 e. The van der Waals surface area contributed by atoms with E-state index in [2.05, 4.69) is 5.48 Å². The highest BCUT2D eigenvalue weighted by molar-refractivity contribution is 6.35. The van der Waals surface area contributed by atoms with E-state index in [1.54, 1.807) is 0 Å². The Kier molecular flexibility index (Phi) is 2.46. The minimum absolute atomic E-state index is 0.404. The zero-order chi connectivity index (χ0) is 10.1. The van der Waals surface area contributed by atoms with Gasteiger partial charge in [0.25, 0.3) is 0 Å². The third-order valence-corrected chi connectivity index (χ3v) is 2.61. The molecule has 0 aliphatic carbocycles. The van der Waals surface area contributed by atoms with E-state index in [-0.39, 0.29) is 0 Å². The summed E-state index contributed by atoms with van der Waals surface area (Å²) in [6.07, 6.45) is 1.87. The van der Waals surface area contributed by atoms with Gasteiger partial charge >= 0.3 is 0 Å². The number of hydrogen-bond donors (Lipinski definition) is 2. The molecule has 4 heteroatoms. The Balaban J connectivity index is 2.72. The molecule has 74 valence electrons. The van der Waals surface area contributed by atoms with Crippen molar-refractivity contribution < 1.29 is 5.21 Å². The average molecular weight is 211 g/mol. The predicted molar refractivity (Wildman–Crippen MR) is 56.6 cm³/mol. The normalized spacial score (nSPS) is 11.1. The molecule has 2 rings (SSSR count). The molecule has 0 amide bonds. The number of aryl methyl sites for hydroxylation is 1. The highest BCUT2D eigenvalue weighted by Crippen LogP contribution is 2.28. The Morgan fingerprint density at radius 3 is 3.00 bits per heavy atom. The van der Waals surface area contributed by atoms with Crippen LogP contribution in [0.3, 0.4) is 0 Å². The highest BCUT2D eigenvalue weighted by Gasteiger charge is 2.08. The fraction of sp³-hybridized carbons (Fsp3) is 0.200. The van der Waals surface area contributed by atoms with Crippen molar-refractivity contribution >= 4 is 22.5 Å². The molecule has 0 bridgehead atoms. The quantitative estimate of drug-likeness (QED) is 0.747. The Hall–Kier alpha value is -1.03. The lowest BCUT2D eigenvalue weighted by atomic mass is 10.1. The van der Waals surface area contributed by atoms with Crippen LogP contribution in [-0.4, -0.2) is 9.77 Å². The highest BCUT2D eigenvalue weighted by atomic mass is 35.5. The summed E-state index contributed by atoms with van der Waals surface area (Å²) in [4.78, 5) is 0. The van der Waals surface area contributed by atoms with Gasteiger partial charge in [-0.05, 0) is 11.6 Å². The predicted octanol–water partition coefficient (Wildman–Crippen LogP) is 2.31. The largest absolute Gasteiger partial charge is 0.349 e. The Labute approximate surface area is 86.9 Å². The first-order chi connectivity index (χ1) is 6.74. The van der Waals surface area contributed by atoms with E-state index >= 15 is 0 Å². The molecule has 0 saturated heterocycles. The van der Waals surface area contributed by atoms with Crippen LogP contribution in [0.5, 0.6) is 0 Å². The van der Waals surface area contributed by atoms with Crippen LogP contribution >= 0.6 is 11.6 Å². The minimum atomic E-state index is 0.404. The number of rotatable bonds is 2. The molecule has 0 saturated carbocycles. The van der Waals surface area contributed by atoms with Gasteiger partial charge in [-0.25, -0.2) is 5.48 Å². The van der Waals surface area contributed by atoms with Crippen molar-refractivity contribution in [3.05, 3.63) is 35.0 Å². The summed E-state index contributed by atoms with van der Waals surface area (Å²) in [6, 6.07) is 5.89. The first kappa shape index (κ1) is 9.52. The van der Waals surface area contributed by atoms with Crippen molar-refractivity contribution in [3.8, 4) is 0 Å². The van der Waals surface area contributed by atoms with Gasteiger partial charge in [0.15, 0.2) is 0 Å². The molecule has 0 fully saturated rings. The number of nitrogens with one attached hydrogen (secondary N) is 1. The topological polar surface area (TPSA) is 37.2 Å². The zero-order valence-corrected chi connectivity index (χ0v) is 8.54. The molecule has 0 radical (unpaired) electrons. The van der Waals surface area contributed by atoms with Crippen molar-refractivity contribution in [2.24, 2.45) is 7.05 Å². The molecule has 3 nitrogen and oxygen atoms in total. The van der Waals surface area contributed by atoms with Gasteiger partial charge in [-0.3, -0.25) is 0 Å². The molecule has 14 heavy (non-hydrogen) atoms. The number of hydroxylamine groups is 1. The summed E-state index contributed by atoms with van der Waals surface area (Å²) in [5, 5.41) is 10.4. The maximum absolute atomic E-state index is 8.68. The molecule has 1 aromatic carbocycles. The second kappa shape index (κ2) is 3.61. The van der Waals surface area contributed by atoms with E-state index in [1.807, 2.05) is 36.0 Å². The van der Waals surface area contributed by atoms with E-state index in [0.29, 0.717) is 11.6 Å². The maximum Gasteiger partial charge on any atom is 0.0664 e. The van der Waals surface area contributed by atoms with Crippen molar-refractivity contribution in [2.75, 3.05) is 0 Å². The van der Waals surface area contributed by atoms with Crippen LogP contribution in [-0.2, 0) is 13.6 Å². The molecule has 2 aromatic rings. The maximum atomic E-state index is 8.68. The van der Waals surface area contributed by atoms with E-state index in [9.17, 15) is 0 Å². The number of hydrogen-bond acceptors (Lipinski definition) is 2. The van der Waals surface area contributed by atoms with E-state index < -0.39 is 0 Å². The van der Waals surface area contributed by atoms with Crippen LogP contribution in [0.2, 0.25) is 5.02 Å². The molecule has 0 spiro atoms. The SMILES string of the molecule is Cn1cc(Cl)c2c(CNO)cccc21. The van der Waals surface area contributed by atoms with Gasteiger partial charge in [0, 0.05) is 30.7 Å². The first-order valence-corrected chi connectivity index (χ1v) is 4.71. The van der Waals surface area contributed by atoms with Crippen LogP contribution < -0.4 is 5.48 Å². The zero-order valence-electron chi connectivity index (χ0n) is 7.79. The van der Waals surface area contributed by atoms with Crippen LogP contribution in [0.1, 0.15) is 5.56 Å². The van der Waals surface area contributed by atoms with E-state index in [4.69, 9.17) is 16.8 Å². The summed E-state index contributed by atoms with van der Waals surface area (Å²) in [6.45, 7) is 0.404. The number of fused-ring (bicyclic) bond motifs is 1. The van der Waals surface area contributed by atoms with Crippen molar-refractivity contribution in [1.29, 1.82) is 0 Å². The molecule has 0 atom stereocenters. The van der Waals surface area contributed by atoms with Gasteiger partial charge in [0.05, 0.1) is 5.02 Å². The third-order valence-electron chi connectivity index (χ3n) is 2.32. The molecule has 0 aliphatic rings. The van der Waals surface area contributed by atoms with Crippen molar-refractivity contribution in [1.82, 2.24) is 10.0 Å². The second-order valence-corrected chi connectivity index (χ2v) is 3.64. The summed E-state index contributed by atoms with van der Waals surface area (Å²) in [5.41, 5.74) is 4.21. The second-order valence-electron chi connectivity index (χ2n) is 3.23. The van der Waals surface area contributed by atoms with Gasteiger partial charge in [0.1, 0.15) is 0 Å². The number of benzene rings is 1. The van der Waals surface area contributed by atoms with Crippen molar-refractivity contribution in [3.63, 3.8) is 0 Å². The van der Waals surface area contributed by atoms with Crippen LogP contribution in [0.15, 0.2) is 24.4 Å². The van der Waals surface area contributed by atoms with Crippen LogP contribution in [0, 0.1) is 0 Å². The fourth-order valence-corrected chi connectivity index (χ4v) is 2.06. The number of nitrogens with zero attached hydrogens (tertiary/aromatic N) is 1. The first-order valence-electron chi connectivity index (χ1n) is 4.33. The van der Waals surface area contributed by atoms with Gasteiger partial charge in [-0.1, -0.05) is 23.7 Å². The Morgan fingerprint density at radius 2 is 2.29 bits per heavy atom. The summed E-state index contributed by atoms with van der Waals surface area (Å²) < 4.78 is 1.97. The van der Waals surface area contributed by atoms with Gasteiger partial charge in [-0.15, -0.1) is 0 Å². The molecule has 0 unspecified atom stereocenters. The summed E-state index contributed by atoms with van der Waals surface area (Å²) >= 11 is 6.09. The molecular formula is C10H11ClN2O. The molecule has 0 aliphatic heterocycles.